The molecule has 0 atom stereocenters. The third-order valence-electron chi connectivity index (χ3n) is 4.80. The number of ether oxygens (including phenoxy) is 1. The fourth-order valence-corrected chi connectivity index (χ4v) is 3.55. The van der Waals surface area contributed by atoms with E-state index in [9.17, 15) is 4.79 Å². The van der Waals surface area contributed by atoms with Crippen molar-refractivity contribution in [1.29, 1.82) is 0 Å². The minimum atomic E-state index is -0.164. The highest BCUT2D eigenvalue weighted by molar-refractivity contribution is 9.10. The van der Waals surface area contributed by atoms with E-state index in [2.05, 4.69) is 69.1 Å². The van der Waals surface area contributed by atoms with E-state index in [0.29, 0.717) is 0 Å². The van der Waals surface area contributed by atoms with Crippen LogP contribution in [0.2, 0.25) is 0 Å². The second kappa shape index (κ2) is 9.09. The summed E-state index contributed by atoms with van der Waals surface area (Å²) in [5.74, 6) is 0.603. The smallest absolute Gasteiger partial charge is 0.244 e. The van der Waals surface area contributed by atoms with Crippen LogP contribution in [-0.2, 0) is 11.2 Å². The summed E-state index contributed by atoms with van der Waals surface area (Å²) in [6.45, 7) is 6.16. The summed E-state index contributed by atoms with van der Waals surface area (Å²) in [5.41, 5.74) is 8.91. The van der Waals surface area contributed by atoms with E-state index in [0.717, 1.165) is 38.4 Å². The lowest BCUT2D eigenvalue weighted by atomic mass is 10.1. The molecule has 0 saturated heterocycles. The molecule has 2 aromatic carbocycles. The number of amides is 1. The van der Waals surface area contributed by atoms with Crippen molar-refractivity contribution in [2.75, 3.05) is 7.11 Å². The Hall–Kier alpha value is -2.86. The average Bonchev–Trinajstić information content (AvgIpc) is 2.98. The Bertz CT molecular complexity index is 1050. The first-order chi connectivity index (χ1) is 13.9. The lowest BCUT2D eigenvalue weighted by molar-refractivity contribution is -0.120. The number of methoxy groups -OCH3 is 1. The quantitative estimate of drug-likeness (QED) is 0.427. The number of nitrogens with one attached hydrogen (secondary N) is 1. The van der Waals surface area contributed by atoms with E-state index in [1.807, 2.05) is 31.2 Å². The summed E-state index contributed by atoms with van der Waals surface area (Å²) >= 11 is 3.60. The third-order valence-corrected chi connectivity index (χ3v) is 5.65. The van der Waals surface area contributed by atoms with Crippen molar-refractivity contribution in [2.24, 2.45) is 5.10 Å². The molecule has 0 aliphatic rings. The van der Waals surface area contributed by atoms with Crippen molar-refractivity contribution in [2.45, 2.75) is 27.2 Å². The molecule has 1 aromatic heterocycles. The summed E-state index contributed by atoms with van der Waals surface area (Å²) in [4.78, 5) is 12.1. The van der Waals surface area contributed by atoms with Gasteiger partial charge >= 0.3 is 0 Å². The van der Waals surface area contributed by atoms with Crippen LogP contribution in [0.25, 0.3) is 5.69 Å². The average molecular weight is 454 g/mol. The van der Waals surface area contributed by atoms with Crippen LogP contribution in [0.5, 0.6) is 5.75 Å². The van der Waals surface area contributed by atoms with Gasteiger partial charge in [-0.05, 0) is 62.2 Å². The maximum Gasteiger partial charge on any atom is 0.244 e. The lowest BCUT2D eigenvalue weighted by Crippen LogP contribution is -2.19. The number of aryl methyl sites for hydroxylation is 2. The second-order valence-corrected chi connectivity index (χ2v) is 7.77. The number of hydrazone groups is 1. The molecular weight excluding hydrogens is 430 g/mol. The van der Waals surface area contributed by atoms with Crippen molar-refractivity contribution in [1.82, 2.24) is 9.99 Å². The van der Waals surface area contributed by atoms with Crippen LogP contribution in [0, 0.1) is 20.8 Å². The highest BCUT2D eigenvalue weighted by Crippen LogP contribution is 2.24. The van der Waals surface area contributed by atoms with E-state index >= 15 is 0 Å². The molecule has 150 valence electrons. The number of aromatic nitrogens is 1. The third kappa shape index (κ3) is 4.95. The summed E-state index contributed by atoms with van der Waals surface area (Å²) in [6, 6.07) is 15.8. The van der Waals surface area contributed by atoms with Gasteiger partial charge in [0.15, 0.2) is 0 Å². The van der Waals surface area contributed by atoms with E-state index in [4.69, 9.17) is 4.74 Å². The number of hydrogen-bond acceptors (Lipinski definition) is 3. The van der Waals surface area contributed by atoms with Crippen LogP contribution in [0.15, 0.2) is 58.1 Å². The monoisotopic (exact) mass is 453 g/mol. The van der Waals surface area contributed by atoms with Crippen molar-refractivity contribution < 1.29 is 9.53 Å². The van der Waals surface area contributed by atoms with E-state index in [-0.39, 0.29) is 12.3 Å². The fourth-order valence-electron chi connectivity index (χ4n) is 3.18. The van der Waals surface area contributed by atoms with Crippen LogP contribution in [-0.4, -0.2) is 23.8 Å². The maximum atomic E-state index is 12.1. The van der Waals surface area contributed by atoms with Crippen molar-refractivity contribution >= 4 is 28.1 Å². The van der Waals surface area contributed by atoms with E-state index < -0.39 is 0 Å². The molecule has 1 N–H and O–H groups in total. The lowest BCUT2D eigenvalue weighted by Gasteiger charge is -2.11. The predicted octanol–water partition coefficient (Wildman–Crippen LogP) is 4.87. The van der Waals surface area contributed by atoms with Gasteiger partial charge in [-0.25, -0.2) is 5.43 Å². The molecule has 0 fully saturated rings. The van der Waals surface area contributed by atoms with Gasteiger partial charge in [0.2, 0.25) is 5.91 Å². The molecule has 0 unspecified atom stereocenters. The van der Waals surface area contributed by atoms with E-state index in [1.165, 1.54) is 5.56 Å². The Morgan fingerprint density at radius 2 is 1.86 bits per heavy atom. The fraction of sp³-hybridized carbons (Fsp3) is 0.217. The van der Waals surface area contributed by atoms with Gasteiger partial charge in [0.05, 0.1) is 19.7 Å². The Labute approximate surface area is 179 Å². The highest BCUT2D eigenvalue weighted by Gasteiger charge is 2.10. The van der Waals surface area contributed by atoms with Gasteiger partial charge in [-0.1, -0.05) is 34.1 Å². The minimum Gasteiger partial charge on any atom is -0.497 e. The van der Waals surface area contributed by atoms with Crippen LogP contribution >= 0.6 is 15.9 Å². The SMILES string of the molecule is COc1ccc(CC(=O)N/N=C\c2cc(C)n(-c3ccc(C)c(Br)c3)c2C)cc1. The number of carbonyl (C=O) groups is 1. The number of rotatable bonds is 6. The highest BCUT2D eigenvalue weighted by atomic mass is 79.9. The van der Waals surface area contributed by atoms with Gasteiger partial charge in [0.25, 0.3) is 0 Å². The number of benzene rings is 2. The zero-order valence-corrected chi connectivity index (χ0v) is 18.6. The van der Waals surface area contributed by atoms with Crippen LogP contribution < -0.4 is 10.2 Å². The molecule has 1 heterocycles. The number of carbonyl (C=O) groups excluding carboxylic acids is 1. The molecule has 29 heavy (non-hydrogen) atoms. The maximum absolute atomic E-state index is 12.1. The first kappa shape index (κ1) is 20.9. The van der Waals surface area contributed by atoms with Gasteiger partial charge in [-0.3, -0.25) is 4.79 Å². The summed E-state index contributed by atoms with van der Waals surface area (Å²) in [6.07, 6.45) is 1.95. The number of halogens is 1. The molecular formula is C23H24BrN3O2. The summed E-state index contributed by atoms with van der Waals surface area (Å²) in [5, 5.41) is 4.14. The standard InChI is InChI=1S/C23H24BrN3O2/c1-15-5-8-20(13-22(15)24)27-16(2)11-19(17(27)3)14-25-26-23(28)12-18-6-9-21(29-4)10-7-18/h5-11,13-14H,12H2,1-4H3,(H,26,28)/b25-14-. The van der Waals surface area contributed by atoms with Gasteiger partial charge < -0.3 is 9.30 Å². The Morgan fingerprint density at radius 1 is 1.14 bits per heavy atom. The number of nitrogens with zero attached hydrogens (tertiary/aromatic N) is 2. The van der Waals surface area contributed by atoms with Crippen molar-refractivity contribution in [3.8, 4) is 11.4 Å². The summed E-state index contributed by atoms with van der Waals surface area (Å²) in [7, 11) is 1.62. The van der Waals surface area contributed by atoms with Crippen LogP contribution in [0.4, 0.5) is 0 Å². The molecule has 0 radical (unpaired) electrons. The molecule has 6 heteroatoms. The van der Waals surface area contributed by atoms with E-state index in [1.54, 1.807) is 13.3 Å². The molecule has 3 rings (SSSR count). The van der Waals surface area contributed by atoms with Gasteiger partial charge in [0, 0.05) is 27.1 Å². The molecule has 0 aliphatic carbocycles. The summed E-state index contributed by atoms with van der Waals surface area (Å²) < 4.78 is 8.37. The zero-order valence-electron chi connectivity index (χ0n) is 17.0. The normalized spacial score (nSPS) is 11.1. The van der Waals surface area contributed by atoms with Crippen LogP contribution in [0.1, 0.15) is 28.1 Å². The van der Waals surface area contributed by atoms with Crippen molar-refractivity contribution in [3.05, 3.63) is 81.1 Å². The number of hydrogen-bond donors (Lipinski definition) is 1. The predicted molar refractivity (Wildman–Crippen MR) is 120 cm³/mol. The molecule has 0 saturated carbocycles. The first-order valence-corrected chi connectivity index (χ1v) is 10.1. The minimum absolute atomic E-state index is 0.164. The topological polar surface area (TPSA) is 55.6 Å². The largest absolute Gasteiger partial charge is 0.497 e. The first-order valence-electron chi connectivity index (χ1n) is 9.29. The molecule has 0 bridgehead atoms. The second-order valence-electron chi connectivity index (χ2n) is 6.91. The molecule has 0 spiro atoms. The van der Waals surface area contributed by atoms with Crippen molar-refractivity contribution in [3.63, 3.8) is 0 Å². The molecule has 5 nitrogen and oxygen atoms in total. The Kier molecular flexibility index (Phi) is 6.54. The molecule has 3 aromatic rings. The zero-order chi connectivity index (χ0) is 21.0. The van der Waals surface area contributed by atoms with Crippen LogP contribution in [0.3, 0.4) is 0 Å². The van der Waals surface area contributed by atoms with Gasteiger partial charge in [0.1, 0.15) is 5.75 Å². The molecule has 0 aliphatic heterocycles. The Morgan fingerprint density at radius 3 is 2.52 bits per heavy atom. The Balaban J connectivity index is 1.69. The van der Waals surface area contributed by atoms with Gasteiger partial charge in [-0.15, -0.1) is 0 Å². The van der Waals surface area contributed by atoms with Gasteiger partial charge in [-0.2, -0.15) is 5.10 Å². The molecule has 1 amide bonds.